The quantitative estimate of drug-likeness (QED) is 0.874. The van der Waals surface area contributed by atoms with Gasteiger partial charge in [-0.3, -0.25) is 4.79 Å². The summed E-state index contributed by atoms with van der Waals surface area (Å²) < 4.78 is 10.9. The molecule has 0 saturated carbocycles. The number of carbonyl (C=O) groups is 2. The third-order valence-corrected chi connectivity index (χ3v) is 3.94. The number of ketones is 1. The van der Waals surface area contributed by atoms with Crippen LogP contribution >= 0.6 is 0 Å². The number of hydrogen-bond donors (Lipinski definition) is 1. The Bertz CT molecular complexity index is 796. The fraction of sp³-hybridized carbons (Fsp3) is 0.158. The summed E-state index contributed by atoms with van der Waals surface area (Å²) in [6, 6.07) is 16.7. The van der Waals surface area contributed by atoms with E-state index in [4.69, 9.17) is 15.2 Å². The van der Waals surface area contributed by atoms with Gasteiger partial charge >= 0.3 is 5.97 Å². The minimum Gasteiger partial charge on any atom is -0.489 e. The van der Waals surface area contributed by atoms with Gasteiger partial charge in [0.15, 0.2) is 5.60 Å². The fourth-order valence-corrected chi connectivity index (χ4v) is 2.44. The molecule has 5 heteroatoms. The minimum atomic E-state index is -1.36. The number of rotatable bonds is 4. The first-order chi connectivity index (χ1) is 11.5. The van der Waals surface area contributed by atoms with E-state index in [2.05, 4.69) is 0 Å². The number of ether oxygens (including phenoxy) is 2. The molecule has 1 atom stereocenters. The van der Waals surface area contributed by atoms with Crippen LogP contribution in [-0.4, -0.2) is 11.8 Å². The molecular formula is C19H17NO4. The summed E-state index contributed by atoms with van der Waals surface area (Å²) in [6.45, 7) is 2.00. The van der Waals surface area contributed by atoms with Crippen LogP contribution in [0.1, 0.15) is 18.1 Å². The molecule has 0 saturated heterocycles. The van der Waals surface area contributed by atoms with Gasteiger partial charge in [0.1, 0.15) is 18.1 Å². The van der Waals surface area contributed by atoms with Crippen LogP contribution in [0.2, 0.25) is 0 Å². The van der Waals surface area contributed by atoms with Gasteiger partial charge in [0, 0.05) is 11.6 Å². The van der Waals surface area contributed by atoms with Gasteiger partial charge in [-0.25, -0.2) is 4.79 Å². The van der Waals surface area contributed by atoms with Crippen LogP contribution in [0, 0.1) is 0 Å². The van der Waals surface area contributed by atoms with Gasteiger partial charge < -0.3 is 15.2 Å². The van der Waals surface area contributed by atoms with Crippen LogP contribution in [-0.2, 0) is 26.5 Å². The molecule has 1 heterocycles. The van der Waals surface area contributed by atoms with Crippen LogP contribution in [0.5, 0.6) is 5.75 Å². The van der Waals surface area contributed by atoms with Crippen molar-refractivity contribution in [3.63, 3.8) is 0 Å². The van der Waals surface area contributed by atoms with E-state index in [0.29, 0.717) is 17.9 Å². The molecule has 2 aromatic carbocycles. The van der Waals surface area contributed by atoms with E-state index in [1.54, 1.807) is 31.2 Å². The fourth-order valence-electron chi connectivity index (χ4n) is 2.44. The van der Waals surface area contributed by atoms with Crippen molar-refractivity contribution in [1.82, 2.24) is 0 Å². The van der Waals surface area contributed by atoms with Crippen molar-refractivity contribution in [1.29, 1.82) is 0 Å². The number of esters is 1. The van der Waals surface area contributed by atoms with Crippen LogP contribution in [0.15, 0.2) is 66.4 Å². The van der Waals surface area contributed by atoms with E-state index in [1.165, 1.54) is 0 Å². The molecule has 0 radical (unpaired) electrons. The van der Waals surface area contributed by atoms with Gasteiger partial charge in [-0.15, -0.1) is 0 Å². The molecule has 122 valence electrons. The van der Waals surface area contributed by atoms with Gasteiger partial charge in [-0.1, -0.05) is 42.5 Å². The second-order valence-electron chi connectivity index (χ2n) is 5.69. The lowest BCUT2D eigenvalue weighted by molar-refractivity contribution is -0.163. The molecule has 0 aromatic heterocycles. The van der Waals surface area contributed by atoms with Crippen LogP contribution in [0.4, 0.5) is 0 Å². The van der Waals surface area contributed by atoms with Crippen LogP contribution < -0.4 is 10.5 Å². The molecule has 0 fully saturated rings. The van der Waals surface area contributed by atoms with E-state index < -0.39 is 11.6 Å². The lowest BCUT2D eigenvalue weighted by atomic mass is 9.89. The Morgan fingerprint density at radius 1 is 1.04 bits per heavy atom. The average Bonchev–Trinajstić information content (AvgIpc) is 2.60. The van der Waals surface area contributed by atoms with E-state index in [-0.39, 0.29) is 11.5 Å². The maximum atomic E-state index is 12.2. The molecule has 0 aliphatic carbocycles. The summed E-state index contributed by atoms with van der Waals surface area (Å²) in [7, 11) is 0. The third kappa shape index (κ3) is 3.01. The average molecular weight is 323 g/mol. The van der Waals surface area contributed by atoms with E-state index in [9.17, 15) is 9.59 Å². The topological polar surface area (TPSA) is 78.6 Å². The molecule has 2 aromatic rings. The summed E-state index contributed by atoms with van der Waals surface area (Å²) in [5.41, 5.74) is 5.52. The Balaban J connectivity index is 1.75. The summed E-state index contributed by atoms with van der Waals surface area (Å²) in [6.07, 6.45) is 1.12. The summed E-state index contributed by atoms with van der Waals surface area (Å²) in [5, 5.41) is 0. The normalized spacial score (nSPS) is 20.3. The molecule has 0 bridgehead atoms. The van der Waals surface area contributed by atoms with E-state index in [0.717, 1.165) is 11.6 Å². The maximum Gasteiger partial charge on any atom is 0.355 e. The first kappa shape index (κ1) is 15.8. The Labute approximate surface area is 139 Å². The number of hydrogen-bond acceptors (Lipinski definition) is 5. The van der Waals surface area contributed by atoms with Crippen LogP contribution in [0.3, 0.4) is 0 Å². The summed E-state index contributed by atoms with van der Waals surface area (Å²) in [4.78, 5) is 23.9. The minimum absolute atomic E-state index is 0.180. The number of benzene rings is 2. The maximum absolute atomic E-state index is 12.2. The Morgan fingerprint density at radius 2 is 1.71 bits per heavy atom. The summed E-state index contributed by atoms with van der Waals surface area (Å²) in [5.74, 6) is -0.394. The number of nitrogens with two attached hydrogens (primary N) is 1. The first-order valence-electron chi connectivity index (χ1n) is 7.51. The van der Waals surface area contributed by atoms with Crippen molar-refractivity contribution in [3.05, 3.63) is 77.5 Å². The highest BCUT2D eigenvalue weighted by Gasteiger charge is 2.42. The van der Waals surface area contributed by atoms with E-state index in [1.807, 2.05) is 30.3 Å². The zero-order valence-corrected chi connectivity index (χ0v) is 13.2. The molecule has 1 aliphatic rings. The Hall–Kier alpha value is -3.08. The molecule has 0 spiro atoms. The molecule has 0 unspecified atom stereocenters. The van der Waals surface area contributed by atoms with Gasteiger partial charge in [-0.2, -0.15) is 0 Å². The second-order valence-corrected chi connectivity index (χ2v) is 5.69. The molecule has 0 amide bonds. The monoisotopic (exact) mass is 323 g/mol. The zero-order chi connectivity index (χ0) is 17.2. The molecule has 2 N–H and O–H groups in total. The van der Waals surface area contributed by atoms with Crippen molar-refractivity contribution >= 4 is 11.8 Å². The highest BCUT2D eigenvalue weighted by atomic mass is 16.6. The van der Waals surface area contributed by atoms with Gasteiger partial charge in [-0.05, 0) is 24.6 Å². The molecule has 24 heavy (non-hydrogen) atoms. The van der Waals surface area contributed by atoms with E-state index >= 15 is 0 Å². The van der Waals surface area contributed by atoms with Crippen molar-refractivity contribution in [2.45, 2.75) is 19.1 Å². The highest BCUT2D eigenvalue weighted by molar-refractivity contribution is 6.08. The molecule has 3 rings (SSSR count). The van der Waals surface area contributed by atoms with Gasteiger partial charge in [0.05, 0.1) is 0 Å². The smallest absolute Gasteiger partial charge is 0.355 e. The molecule has 1 aliphatic heterocycles. The van der Waals surface area contributed by atoms with Gasteiger partial charge in [0.25, 0.3) is 0 Å². The molecular weight excluding hydrogens is 306 g/mol. The third-order valence-electron chi connectivity index (χ3n) is 3.94. The highest BCUT2D eigenvalue weighted by Crippen LogP contribution is 2.32. The Morgan fingerprint density at radius 3 is 2.38 bits per heavy atom. The van der Waals surface area contributed by atoms with Crippen LogP contribution in [0.25, 0.3) is 0 Å². The van der Waals surface area contributed by atoms with Crippen molar-refractivity contribution in [3.8, 4) is 5.75 Å². The number of cyclic esters (lactones) is 1. The predicted octanol–water partition coefficient (Wildman–Crippen LogP) is 2.45. The summed E-state index contributed by atoms with van der Waals surface area (Å²) >= 11 is 0. The SMILES string of the molecule is C[C@]1(c2ccc(OCc3ccccc3)cc2)OC(=O)C(N)=CC1=O. The van der Waals surface area contributed by atoms with Crippen molar-refractivity contribution in [2.24, 2.45) is 5.73 Å². The standard InChI is InChI=1S/C19H17NO4/c1-19(17(21)11-16(20)18(22)24-19)14-7-9-15(10-8-14)23-12-13-5-3-2-4-6-13/h2-11H,12,20H2,1H3/t19-/m1/s1. The van der Waals surface area contributed by atoms with Crippen molar-refractivity contribution in [2.75, 3.05) is 0 Å². The predicted molar refractivity (Wildman–Crippen MR) is 87.9 cm³/mol. The Kier molecular flexibility index (Phi) is 4.08. The lowest BCUT2D eigenvalue weighted by Gasteiger charge is -2.30. The zero-order valence-electron chi connectivity index (χ0n) is 13.2. The number of carbonyl (C=O) groups excluding carboxylic acids is 2. The first-order valence-corrected chi connectivity index (χ1v) is 7.51. The largest absolute Gasteiger partial charge is 0.489 e. The second kappa shape index (κ2) is 6.20. The van der Waals surface area contributed by atoms with Crippen molar-refractivity contribution < 1.29 is 19.1 Å². The molecule has 5 nitrogen and oxygen atoms in total. The lowest BCUT2D eigenvalue weighted by Crippen LogP contribution is -2.42. The van der Waals surface area contributed by atoms with Gasteiger partial charge in [0.2, 0.25) is 5.78 Å².